The lowest BCUT2D eigenvalue weighted by atomic mass is 10.1. The van der Waals surface area contributed by atoms with Gasteiger partial charge in [-0.05, 0) is 50.1 Å². The lowest BCUT2D eigenvalue weighted by Gasteiger charge is -2.12. The smallest absolute Gasteiger partial charge is 0.226 e. The van der Waals surface area contributed by atoms with Crippen molar-refractivity contribution in [1.29, 1.82) is 0 Å². The van der Waals surface area contributed by atoms with Crippen molar-refractivity contribution in [2.24, 2.45) is 0 Å². The molecule has 0 radical (unpaired) electrons. The van der Waals surface area contributed by atoms with Crippen molar-refractivity contribution >= 4 is 11.6 Å². The number of carbonyl (C=O) groups is 1. The molecule has 1 atom stereocenters. The van der Waals surface area contributed by atoms with E-state index in [4.69, 9.17) is 0 Å². The average molecular weight is 257 g/mol. The lowest BCUT2D eigenvalue weighted by Crippen LogP contribution is -2.17. The summed E-state index contributed by atoms with van der Waals surface area (Å²) in [6.07, 6.45) is 4.00. The Morgan fingerprint density at radius 3 is 2.79 bits per heavy atom. The Morgan fingerprint density at radius 2 is 2.16 bits per heavy atom. The highest BCUT2D eigenvalue weighted by Crippen LogP contribution is 2.16. The van der Waals surface area contributed by atoms with E-state index in [0.29, 0.717) is 6.42 Å². The van der Waals surface area contributed by atoms with E-state index in [1.54, 1.807) is 10.9 Å². The Kier molecular flexibility index (Phi) is 4.00. The first-order valence-corrected chi connectivity index (χ1v) is 6.42. The summed E-state index contributed by atoms with van der Waals surface area (Å²) in [4.78, 5) is 12.0. The monoisotopic (exact) mass is 257 g/mol. The van der Waals surface area contributed by atoms with Crippen LogP contribution in [-0.2, 0) is 4.79 Å². The minimum Gasteiger partial charge on any atom is -0.326 e. The SMILES string of the molecule is Cc1ccc(NC(=O)C[C@H](C)n2cccn2)cc1C. The zero-order chi connectivity index (χ0) is 13.8. The zero-order valence-electron chi connectivity index (χ0n) is 11.6. The van der Waals surface area contributed by atoms with Crippen molar-refractivity contribution in [3.63, 3.8) is 0 Å². The summed E-state index contributed by atoms with van der Waals surface area (Å²) in [5.41, 5.74) is 3.25. The first-order chi connectivity index (χ1) is 9.06. The number of benzene rings is 1. The molecule has 100 valence electrons. The molecule has 1 aromatic heterocycles. The molecule has 2 rings (SSSR count). The number of anilines is 1. The van der Waals surface area contributed by atoms with Crippen LogP contribution in [0.25, 0.3) is 0 Å². The predicted octanol–water partition coefficient (Wildman–Crippen LogP) is 3.09. The van der Waals surface area contributed by atoms with Crippen LogP contribution in [0, 0.1) is 13.8 Å². The first-order valence-electron chi connectivity index (χ1n) is 6.42. The molecular weight excluding hydrogens is 238 g/mol. The third kappa shape index (κ3) is 3.44. The Hall–Kier alpha value is -2.10. The molecule has 4 heteroatoms. The molecular formula is C15H19N3O. The third-order valence-corrected chi connectivity index (χ3v) is 3.25. The topological polar surface area (TPSA) is 46.9 Å². The average Bonchev–Trinajstić information content (AvgIpc) is 2.87. The number of hydrogen-bond acceptors (Lipinski definition) is 2. The highest BCUT2D eigenvalue weighted by atomic mass is 16.1. The molecule has 0 saturated carbocycles. The molecule has 0 saturated heterocycles. The summed E-state index contributed by atoms with van der Waals surface area (Å²) in [6.45, 7) is 6.07. The lowest BCUT2D eigenvalue weighted by molar-refractivity contribution is -0.116. The second-order valence-corrected chi connectivity index (χ2v) is 4.89. The second kappa shape index (κ2) is 5.69. The molecule has 0 unspecified atom stereocenters. The molecule has 19 heavy (non-hydrogen) atoms. The van der Waals surface area contributed by atoms with Crippen LogP contribution in [0.5, 0.6) is 0 Å². The fourth-order valence-corrected chi connectivity index (χ4v) is 1.93. The second-order valence-electron chi connectivity index (χ2n) is 4.89. The van der Waals surface area contributed by atoms with E-state index in [1.165, 1.54) is 11.1 Å². The number of amides is 1. The van der Waals surface area contributed by atoms with E-state index in [2.05, 4.69) is 17.3 Å². The molecule has 2 aromatic rings. The van der Waals surface area contributed by atoms with Crippen molar-refractivity contribution in [1.82, 2.24) is 9.78 Å². The van der Waals surface area contributed by atoms with Crippen LogP contribution in [0.15, 0.2) is 36.7 Å². The van der Waals surface area contributed by atoms with E-state index in [-0.39, 0.29) is 11.9 Å². The van der Waals surface area contributed by atoms with E-state index in [1.807, 2.05) is 44.3 Å². The molecule has 0 aliphatic heterocycles. The van der Waals surface area contributed by atoms with Crippen LogP contribution < -0.4 is 5.32 Å². The molecule has 1 heterocycles. The number of hydrogen-bond donors (Lipinski definition) is 1. The van der Waals surface area contributed by atoms with Crippen LogP contribution in [0.3, 0.4) is 0 Å². The van der Waals surface area contributed by atoms with Gasteiger partial charge in [-0.25, -0.2) is 0 Å². The fraction of sp³-hybridized carbons (Fsp3) is 0.333. The quantitative estimate of drug-likeness (QED) is 0.915. The molecule has 0 aliphatic rings. The molecule has 1 amide bonds. The van der Waals surface area contributed by atoms with Crippen molar-refractivity contribution < 1.29 is 4.79 Å². The van der Waals surface area contributed by atoms with Gasteiger partial charge in [-0.1, -0.05) is 6.07 Å². The molecule has 0 aliphatic carbocycles. The van der Waals surface area contributed by atoms with Gasteiger partial charge in [0.05, 0.1) is 6.04 Å². The number of rotatable bonds is 4. The van der Waals surface area contributed by atoms with E-state index in [0.717, 1.165) is 5.69 Å². The summed E-state index contributed by atoms with van der Waals surface area (Å²) < 4.78 is 1.79. The Bertz CT molecular complexity index is 561. The van der Waals surface area contributed by atoms with Gasteiger partial charge in [0.2, 0.25) is 5.91 Å². The van der Waals surface area contributed by atoms with Gasteiger partial charge >= 0.3 is 0 Å². The third-order valence-electron chi connectivity index (χ3n) is 3.25. The Labute approximate surface area is 113 Å². The van der Waals surface area contributed by atoms with Crippen LogP contribution in [0.2, 0.25) is 0 Å². The minimum absolute atomic E-state index is 0.00579. The standard InChI is InChI=1S/C15H19N3O/c1-11-5-6-14(9-12(11)2)17-15(19)10-13(3)18-8-4-7-16-18/h4-9,13H,10H2,1-3H3,(H,17,19)/t13-/m0/s1. The van der Waals surface area contributed by atoms with E-state index < -0.39 is 0 Å². The number of aryl methyl sites for hydroxylation is 2. The number of nitrogens with zero attached hydrogens (tertiary/aromatic N) is 2. The molecule has 0 bridgehead atoms. The molecule has 1 aromatic carbocycles. The van der Waals surface area contributed by atoms with E-state index >= 15 is 0 Å². The summed E-state index contributed by atoms with van der Waals surface area (Å²) >= 11 is 0. The Morgan fingerprint density at radius 1 is 1.37 bits per heavy atom. The van der Waals surface area contributed by atoms with Crippen LogP contribution >= 0.6 is 0 Å². The van der Waals surface area contributed by atoms with Gasteiger partial charge in [0.15, 0.2) is 0 Å². The summed E-state index contributed by atoms with van der Waals surface area (Å²) in [7, 11) is 0. The predicted molar refractivity (Wildman–Crippen MR) is 76.1 cm³/mol. The number of carbonyl (C=O) groups excluding carboxylic acids is 1. The fourth-order valence-electron chi connectivity index (χ4n) is 1.93. The molecule has 0 spiro atoms. The Balaban J connectivity index is 1.95. The van der Waals surface area contributed by atoms with Gasteiger partial charge in [-0.3, -0.25) is 9.48 Å². The molecule has 0 fully saturated rings. The van der Waals surface area contributed by atoms with Crippen LogP contribution in [0.1, 0.15) is 30.5 Å². The minimum atomic E-state index is 0.00579. The van der Waals surface area contributed by atoms with Gasteiger partial charge < -0.3 is 5.32 Å². The number of aromatic nitrogens is 2. The maximum Gasteiger partial charge on any atom is 0.226 e. The van der Waals surface area contributed by atoms with Gasteiger partial charge in [-0.15, -0.1) is 0 Å². The maximum atomic E-state index is 12.0. The van der Waals surface area contributed by atoms with Crippen molar-refractivity contribution in [3.8, 4) is 0 Å². The molecule has 4 nitrogen and oxygen atoms in total. The first kappa shape index (κ1) is 13.3. The van der Waals surface area contributed by atoms with Crippen molar-refractivity contribution in [2.45, 2.75) is 33.2 Å². The highest BCUT2D eigenvalue weighted by molar-refractivity contribution is 5.91. The van der Waals surface area contributed by atoms with Crippen LogP contribution in [0.4, 0.5) is 5.69 Å². The normalized spacial score (nSPS) is 12.2. The largest absolute Gasteiger partial charge is 0.326 e. The van der Waals surface area contributed by atoms with Gasteiger partial charge in [-0.2, -0.15) is 5.10 Å². The van der Waals surface area contributed by atoms with Gasteiger partial charge in [0.25, 0.3) is 0 Å². The maximum absolute atomic E-state index is 12.0. The number of nitrogens with one attached hydrogen (secondary N) is 1. The highest BCUT2D eigenvalue weighted by Gasteiger charge is 2.11. The van der Waals surface area contributed by atoms with Crippen molar-refractivity contribution in [3.05, 3.63) is 47.8 Å². The van der Waals surface area contributed by atoms with Crippen molar-refractivity contribution in [2.75, 3.05) is 5.32 Å². The van der Waals surface area contributed by atoms with E-state index in [9.17, 15) is 4.79 Å². The van der Waals surface area contributed by atoms with Gasteiger partial charge in [0.1, 0.15) is 0 Å². The zero-order valence-corrected chi connectivity index (χ0v) is 11.6. The van der Waals surface area contributed by atoms with Gasteiger partial charge in [0, 0.05) is 24.5 Å². The summed E-state index contributed by atoms with van der Waals surface area (Å²) in [5.74, 6) is 0.00579. The molecule has 1 N–H and O–H groups in total. The van der Waals surface area contributed by atoms with Crippen LogP contribution in [-0.4, -0.2) is 15.7 Å². The summed E-state index contributed by atoms with van der Waals surface area (Å²) in [6, 6.07) is 7.85. The summed E-state index contributed by atoms with van der Waals surface area (Å²) in [5, 5.41) is 7.06.